The molecule has 0 bridgehead atoms. The number of hydrazone groups is 1. The number of anilines is 1. The third kappa shape index (κ3) is 5.73. The summed E-state index contributed by atoms with van der Waals surface area (Å²) < 4.78 is 0. The molecule has 1 saturated carbocycles. The van der Waals surface area contributed by atoms with Gasteiger partial charge in [-0.1, -0.05) is 82.8 Å². The van der Waals surface area contributed by atoms with Gasteiger partial charge in [-0.25, -0.2) is 9.91 Å². The number of amides is 3. The third-order valence-electron chi connectivity index (χ3n) is 9.09. The van der Waals surface area contributed by atoms with Crippen LogP contribution in [-0.2, 0) is 20.8 Å². The van der Waals surface area contributed by atoms with Gasteiger partial charge >= 0.3 is 0 Å². The number of carbonyl (C=O) groups is 3. The molecule has 13 heteroatoms. The van der Waals surface area contributed by atoms with Crippen LogP contribution in [0.4, 0.5) is 5.69 Å². The normalized spacial score (nSPS) is 24.3. The number of imide groups is 1. The number of fused-ring (bicyclic) bond motifs is 2. The van der Waals surface area contributed by atoms with Crippen LogP contribution in [0.5, 0.6) is 0 Å². The summed E-state index contributed by atoms with van der Waals surface area (Å²) in [5.74, 6) is -1.53. The van der Waals surface area contributed by atoms with Crippen LogP contribution in [0.2, 0.25) is 20.1 Å². The van der Waals surface area contributed by atoms with Crippen molar-refractivity contribution < 1.29 is 14.4 Å². The molecule has 0 unspecified atom stereocenters. The van der Waals surface area contributed by atoms with Gasteiger partial charge in [0.2, 0.25) is 0 Å². The van der Waals surface area contributed by atoms with Crippen molar-refractivity contribution in [1.29, 1.82) is 0 Å². The molecule has 3 amide bonds. The Labute approximate surface area is 291 Å². The molecule has 7 rings (SSSR count). The summed E-state index contributed by atoms with van der Waals surface area (Å²) in [6, 6.07) is 15.2. The number of benzene rings is 3. The molecule has 2 fully saturated rings. The SMILES string of the molecule is CCc1ccc(N2C(=O)[C@H]3N=NN(CC(=O)N4N=C5/C(=C/c6ccc(Cl)cc6Cl)CCC[C@H]5[C@H]4c4ccc(Cl)cc4Cl)[C@@H]3C2=O)cc1. The van der Waals surface area contributed by atoms with Crippen molar-refractivity contribution in [2.45, 2.75) is 50.7 Å². The van der Waals surface area contributed by atoms with E-state index < -0.39 is 35.8 Å². The van der Waals surface area contributed by atoms with E-state index in [2.05, 4.69) is 10.3 Å². The minimum absolute atomic E-state index is 0.159. The molecule has 0 aromatic heterocycles. The summed E-state index contributed by atoms with van der Waals surface area (Å²) >= 11 is 25.6. The Bertz CT molecular complexity index is 1890. The predicted octanol–water partition coefficient (Wildman–Crippen LogP) is 7.98. The Morgan fingerprint density at radius 1 is 0.915 bits per heavy atom. The fraction of sp³-hybridized carbons (Fsp3) is 0.294. The first kappa shape index (κ1) is 31.8. The Morgan fingerprint density at radius 3 is 2.34 bits per heavy atom. The van der Waals surface area contributed by atoms with Crippen molar-refractivity contribution in [3.8, 4) is 0 Å². The highest BCUT2D eigenvalue weighted by Crippen LogP contribution is 2.47. The molecule has 1 saturated heterocycles. The van der Waals surface area contributed by atoms with Crippen LogP contribution in [0.25, 0.3) is 6.08 Å². The average molecular weight is 710 g/mol. The molecule has 9 nitrogen and oxygen atoms in total. The summed E-state index contributed by atoms with van der Waals surface area (Å²) in [5.41, 5.74) is 4.76. The third-order valence-corrected chi connectivity index (χ3v) is 10.2. The molecule has 4 aliphatic rings. The number of nitrogens with zero attached hydrogens (tertiary/aromatic N) is 6. The maximum Gasteiger partial charge on any atom is 0.264 e. The van der Waals surface area contributed by atoms with Crippen molar-refractivity contribution in [1.82, 2.24) is 10.0 Å². The van der Waals surface area contributed by atoms with E-state index in [1.165, 1.54) is 10.0 Å². The van der Waals surface area contributed by atoms with E-state index in [4.69, 9.17) is 51.5 Å². The molecule has 4 atom stereocenters. The Morgan fingerprint density at radius 2 is 1.64 bits per heavy atom. The van der Waals surface area contributed by atoms with Crippen molar-refractivity contribution in [2.75, 3.05) is 11.4 Å². The first-order valence-electron chi connectivity index (χ1n) is 15.3. The van der Waals surface area contributed by atoms with E-state index in [1.807, 2.05) is 37.3 Å². The molecule has 240 valence electrons. The highest BCUT2D eigenvalue weighted by molar-refractivity contribution is 6.36. The number of hydrogen-bond acceptors (Lipinski definition) is 7. The number of rotatable bonds is 6. The van der Waals surface area contributed by atoms with Crippen LogP contribution in [0.15, 0.2) is 81.7 Å². The quantitative estimate of drug-likeness (QED) is 0.243. The summed E-state index contributed by atoms with van der Waals surface area (Å²) in [6.45, 7) is 1.71. The van der Waals surface area contributed by atoms with Crippen LogP contribution < -0.4 is 4.90 Å². The number of hydrogen-bond donors (Lipinski definition) is 0. The zero-order valence-corrected chi connectivity index (χ0v) is 28.1. The first-order chi connectivity index (χ1) is 22.6. The summed E-state index contributed by atoms with van der Waals surface area (Å²) in [7, 11) is 0. The number of allylic oxidation sites excluding steroid dienone is 1. The van der Waals surface area contributed by atoms with E-state index in [0.717, 1.165) is 53.0 Å². The molecule has 3 aliphatic heterocycles. The van der Waals surface area contributed by atoms with Gasteiger partial charge in [-0.15, -0.1) is 0 Å². The molecular formula is C34H28Cl4N6O3. The maximum absolute atomic E-state index is 14.2. The Kier molecular flexibility index (Phi) is 8.59. The summed E-state index contributed by atoms with van der Waals surface area (Å²) in [5, 5.41) is 17.8. The second-order valence-corrected chi connectivity index (χ2v) is 13.6. The van der Waals surface area contributed by atoms with Crippen molar-refractivity contribution >= 4 is 81.6 Å². The van der Waals surface area contributed by atoms with Gasteiger partial charge in [-0.05, 0) is 90.4 Å². The lowest BCUT2D eigenvalue weighted by Gasteiger charge is -2.31. The monoisotopic (exact) mass is 708 g/mol. The van der Waals surface area contributed by atoms with Crippen LogP contribution in [0.1, 0.15) is 48.9 Å². The molecule has 3 heterocycles. The van der Waals surface area contributed by atoms with Gasteiger partial charge in [0.15, 0.2) is 12.1 Å². The largest absolute Gasteiger partial charge is 0.271 e. The molecule has 3 aromatic rings. The smallest absolute Gasteiger partial charge is 0.264 e. The van der Waals surface area contributed by atoms with E-state index in [9.17, 15) is 14.4 Å². The van der Waals surface area contributed by atoms with E-state index >= 15 is 0 Å². The number of aryl methyl sites for hydroxylation is 1. The zero-order chi connectivity index (χ0) is 33.0. The van der Waals surface area contributed by atoms with Gasteiger partial charge in [-0.2, -0.15) is 10.2 Å². The van der Waals surface area contributed by atoms with E-state index in [-0.39, 0.29) is 12.5 Å². The lowest BCUT2D eigenvalue weighted by Crippen LogP contribution is -2.45. The molecular weight excluding hydrogens is 682 g/mol. The number of halogens is 4. The van der Waals surface area contributed by atoms with Gasteiger partial charge in [0.1, 0.15) is 6.54 Å². The van der Waals surface area contributed by atoms with Crippen molar-refractivity contribution in [3.63, 3.8) is 0 Å². The zero-order valence-electron chi connectivity index (χ0n) is 25.1. The topological polar surface area (TPSA) is 98.0 Å². The van der Waals surface area contributed by atoms with Gasteiger partial charge < -0.3 is 0 Å². The van der Waals surface area contributed by atoms with Crippen LogP contribution >= 0.6 is 46.4 Å². The van der Waals surface area contributed by atoms with Gasteiger partial charge in [0.05, 0.1) is 17.4 Å². The van der Waals surface area contributed by atoms with E-state index in [0.29, 0.717) is 31.3 Å². The summed E-state index contributed by atoms with van der Waals surface area (Å²) in [6.07, 6.45) is 5.19. The van der Waals surface area contributed by atoms with Gasteiger partial charge in [0, 0.05) is 26.0 Å². The minimum atomic E-state index is -1.03. The van der Waals surface area contributed by atoms with Crippen LogP contribution in [0, 0.1) is 5.92 Å². The Balaban J connectivity index is 1.20. The fourth-order valence-corrected chi connectivity index (χ4v) is 7.75. The molecule has 3 aromatic carbocycles. The second-order valence-electron chi connectivity index (χ2n) is 11.9. The van der Waals surface area contributed by atoms with E-state index in [1.54, 1.807) is 36.4 Å². The fourth-order valence-electron chi connectivity index (χ4n) is 6.76. The van der Waals surface area contributed by atoms with Crippen LogP contribution in [-0.4, -0.2) is 52.1 Å². The first-order valence-corrected chi connectivity index (χ1v) is 16.8. The van der Waals surface area contributed by atoms with Crippen LogP contribution in [0.3, 0.4) is 0 Å². The van der Waals surface area contributed by atoms with Gasteiger partial charge in [-0.3, -0.25) is 19.4 Å². The average Bonchev–Trinajstić information content (AvgIpc) is 3.72. The lowest BCUT2D eigenvalue weighted by molar-refractivity contribution is -0.136. The minimum Gasteiger partial charge on any atom is -0.271 e. The molecule has 1 aliphatic carbocycles. The lowest BCUT2D eigenvalue weighted by atomic mass is 9.77. The van der Waals surface area contributed by atoms with Crippen molar-refractivity contribution in [3.05, 3.63) is 103 Å². The molecule has 47 heavy (non-hydrogen) atoms. The summed E-state index contributed by atoms with van der Waals surface area (Å²) in [4.78, 5) is 42.3. The highest BCUT2D eigenvalue weighted by atomic mass is 35.5. The number of carbonyl (C=O) groups excluding carboxylic acids is 3. The second kappa shape index (κ2) is 12.7. The standard InChI is InChI=1S/C34H28Cl4N6O3/c1-2-18-6-11-23(12-7-18)43-33(46)30-32(34(43)47)42(41-39-30)17-28(45)44-31(24-13-10-22(36)16-27(24)38)25-5-3-4-20(29(25)40-44)14-19-8-9-21(35)15-26(19)37/h6-16,25,30-32H,2-5,17H2,1H3/b20-14+/t25-,30+,31-,32+/m1/s1. The Hall–Kier alpha value is -3.76. The molecule has 0 N–H and O–H groups in total. The predicted molar refractivity (Wildman–Crippen MR) is 183 cm³/mol. The molecule has 0 radical (unpaired) electrons. The molecule has 0 spiro atoms. The maximum atomic E-state index is 14.2. The highest BCUT2D eigenvalue weighted by Gasteiger charge is 2.55. The van der Waals surface area contributed by atoms with Crippen molar-refractivity contribution in [2.24, 2.45) is 21.4 Å². The van der Waals surface area contributed by atoms with Gasteiger partial charge in [0.25, 0.3) is 17.7 Å².